The normalized spacial score (nSPS) is 23.1. The number of hydrogen-bond donors (Lipinski definition) is 1. The number of aromatic nitrogens is 2. The van der Waals surface area contributed by atoms with Crippen molar-refractivity contribution in [3.05, 3.63) is 11.7 Å². The lowest BCUT2D eigenvalue weighted by molar-refractivity contribution is 0.300. The fourth-order valence-corrected chi connectivity index (χ4v) is 2.27. The Hall–Kier alpha value is -0.940. The largest absolute Gasteiger partial charge is 0.339 e. The molecule has 1 fully saturated rings. The Morgan fingerprint density at radius 1 is 1.59 bits per heavy atom. The number of likely N-dealkylation sites (tertiary alicyclic amines) is 1. The lowest BCUT2D eigenvalue weighted by atomic mass is 10.1. The second-order valence-corrected chi connectivity index (χ2v) is 4.98. The molecule has 2 heterocycles. The topological polar surface area (TPSA) is 54.2 Å². The van der Waals surface area contributed by atoms with Crippen LogP contribution in [-0.4, -0.2) is 47.8 Å². The number of nitrogens with zero attached hydrogens (tertiary/aromatic N) is 3. The van der Waals surface area contributed by atoms with Crippen molar-refractivity contribution in [2.75, 3.05) is 20.6 Å². The minimum atomic E-state index is 0.373. The van der Waals surface area contributed by atoms with Gasteiger partial charge in [-0.2, -0.15) is 4.98 Å². The van der Waals surface area contributed by atoms with Gasteiger partial charge < -0.3 is 14.7 Å². The highest BCUT2D eigenvalue weighted by Gasteiger charge is 2.23. The van der Waals surface area contributed by atoms with Gasteiger partial charge >= 0.3 is 0 Å². The van der Waals surface area contributed by atoms with Gasteiger partial charge in [0.2, 0.25) is 5.89 Å². The molecule has 1 saturated heterocycles. The zero-order valence-electron chi connectivity index (χ0n) is 10.9. The number of rotatable bonds is 5. The molecule has 5 heteroatoms. The zero-order chi connectivity index (χ0) is 12.3. The van der Waals surface area contributed by atoms with E-state index in [1.165, 1.54) is 19.4 Å². The molecule has 0 aliphatic carbocycles. The molecular weight excluding hydrogens is 216 g/mol. The third-order valence-electron chi connectivity index (χ3n) is 3.57. The molecule has 0 bridgehead atoms. The van der Waals surface area contributed by atoms with E-state index in [0.29, 0.717) is 12.1 Å². The predicted molar refractivity (Wildman–Crippen MR) is 65.9 cm³/mol. The van der Waals surface area contributed by atoms with Crippen molar-refractivity contribution in [2.45, 2.75) is 44.7 Å². The summed E-state index contributed by atoms with van der Waals surface area (Å²) in [4.78, 5) is 6.83. The average Bonchev–Trinajstić information content (AvgIpc) is 2.90. The summed E-state index contributed by atoms with van der Waals surface area (Å²) in [6.45, 7) is 3.29. The molecular formula is C12H22N4O. The van der Waals surface area contributed by atoms with Crippen LogP contribution in [0.3, 0.4) is 0 Å². The van der Waals surface area contributed by atoms with Crippen LogP contribution >= 0.6 is 0 Å². The number of nitrogens with one attached hydrogen (secondary N) is 1. The smallest absolute Gasteiger partial charge is 0.228 e. The van der Waals surface area contributed by atoms with Gasteiger partial charge in [0.1, 0.15) is 0 Å². The molecule has 1 aliphatic heterocycles. The van der Waals surface area contributed by atoms with Gasteiger partial charge in [0.25, 0.3) is 0 Å². The van der Waals surface area contributed by atoms with Gasteiger partial charge in [0.15, 0.2) is 5.82 Å². The minimum Gasteiger partial charge on any atom is -0.339 e. The summed E-state index contributed by atoms with van der Waals surface area (Å²) < 4.78 is 5.26. The molecule has 1 aromatic heterocycles. The van der Waals surface area contributed by atoms with Gasteiger partial charge in [-0.25, -0.2) is 0 Å². The Bertz CT molecular complexity index is 352. The average molecular weight is 238 g/mol. The van der Waals surface area contributed by atoms with Crippen molar-refractivity contribution < 1.29 is 4.52 Å². The molecule has 1 aliphatic rings. The van der Waals surface area contributed by atoms with Crippen molar-refractivity contribution in [3.63, 3.8) is 0 Å². The molecule has 0 aromatic carbocycles. The van der Waals surface area contributed by atoms with Crippen LogP contribution in [0.5, 0.6) is 0 Å². The predicted octanol–water partition coefficient (Wildman–Crippen LogP) is 0.857. The van der Waals surface area contributed by atoms with Gasteiger partial charge in [-0.3, -0.25) is 0 Å². The van der Waals surface area contributed by atoms with E-state index in [1.54, 1.807) is 0 Å². The summed E-state index contributed by atoms with van der Waals surface area (Å²) in [5.41, 5.74) is 0. The molecule has 17 heavy (non-hydrogen) atoms. The van der Waals surface area contributed by atoms with Crippen LogP contribution in [0, 0.1) is 0 Å². The minimum absolute atomic E-state index is 0.373. The molecule has 1 N–H and O–H groups in total. The summed E-state index contributed by atoms with van der Waals surface area (Å²) in [6, 6.07) is 0.958. The molecule has 0 amide bonds. The SMILES string of the molecule is CNC(C)Cc1nc(CC2CCCN2C)no1. The summed E-state index contributed by atoms with van der Waals surface area (Å²) in [5.74, 6) is 1.59. The van der Waals surface area contributed by atoms with Crippen LogP contribution < -0.4 is 5.32 Å². The van der Waals surface area contributed by atoms with E-state index in [1.807, 2.05) is 7.05 Å². The van der Waals surface area contributed by atoms with Gasteiger partial charge in [-0.1, -0.05) is 5.16 Å². The van der Waals surface area contributed by atoms with Crippen molar-refractivity contribution in [1.82, 2.24) is 20.4 Å². The van der Waals surface area contributed by atoms with Gasteiger partial charge in [-0.05, 0) is 40.4 Å². The van der Waals surface area contributed by atoms with Crippen molar-refractivity contribution in [1.29, 1.82) is 0 Å². The Morgan fingerprint density at radius 3 is 3.06 bits per heavy atom. The van der Waals surface area contributed by atoms with Crippen molar-refractivity contribution in [3.8, 4) is 0 Å². The molecule has 2 rings (SSSR count). The van der Waals surface area contributed by atoms with Crippen LogP contribution in [0.4, 0.5) is 0 Å². The third-order valence-corrected chi connectivity index (χ3v) is 3.57. The van der Waals surface area contributed by atoms with Crippen molar-refractivity contribution >= 4 is 0 Å². The molecule has 5 nitrogen and oxygen atoms in total. The van der Waals surface area contributed by atoms with E-state index in [-0.39, 0.29) is 0 Å². The maximum atomic E-state index is 5.26. The van der Waals surface area contributed by atoms with E-state index >= 15 is 0 Å². The Labute approximate surface area is 103 Å². The molecule has 1 aromatic rings. The van der Waals surface area contributed by atoms with Gasteiger partial charge in [0, 0.05) is 24.9 Å². The van der Waals surface area contributed by atoms with Gasteiger partial charge in [0.05, 0.1) is 0 Å². The number of likely N-dealkylation sites (N-methyl/N-ethyl adjacent to an activating group) is 2. The first-order chi connectivity index (χ1) is 8.19. The molecule has 0 spiro atoms. The highest BCUT2D eigenvalue weighted by molar-refractivity contribution is 4.93. The summed E-state index contributed by atoms with van der Waals surface area (Å²) in [7, 11) is 4.11. The molecule has 0 radical (unpaired) electrons. The summed E-state index contributed by atoms with van der Waals surface area (Å²) >= 11 is 0. The molecule has 0 saturated carbocycles. The molecule has 2 unspecified atom stereocenters. The highest BCUT2D eigenvalue weighted by atomic mass is 16.5. The van der Waals surface area contributed by atoms with E-state index < -0.39 is 0 Å². The first-order valence-electron chi connectivity index (χ1n) is 6.38. The summed E-state index contributed by atoms with van der Waals surface area (Å²) in [6.07, 6.45) is 4.23. The second-order valence-electron chi connectivity index (χ2n) is 4.98. The lowest BCUT2D eigenvalue weighted by Gasteiger charge is -2.16. The monoisotopic (exact) mass is 238 g/mol. The third kappa shape index (κ3) is 3.26. The van der Waals surface area contributed by atoms with Crippen LogP contribution in [0.25, 0.3) is 0 Å². The number of hydrogen-bond acceptors (Lipinski definition) is 5. The van der Waals surface area contributed by atoms with E-state index in [9.17, 15) is 0 Å². The quantitative estimate of drug-likeness (QED) is 0.824. The fraction of sp³-hybridized carbons (Fsp3) is 0.833. The molecule has 96 valence electrons. The first kappa shape index (κ1) is 12.5. The summed E-state index contributed by atoms with van der Waals surface area (Å²) in [5, 5.41) is 7.23. The van der Waals surface area contributed by atoms with Crippen LogP contribution in [0.15, 0.2) is 4.52 Å². The zero-order valence-corrected chi connectivity index (χ0v) is 10.9. The van der Waals surface area contributed by atoms with E-state index in [0.717, 1.165) is 24.6 Å². The fourth-order valence-electron chi connectivity index (χ4n) is 2.27. The van der Waals surface area contributed by atoms with E-state index in [2.05, 4.69) is 34.3 Å². The van der Waals surface area contributed by atoms with Crippen LogP contribution in [-0.2, 0) is 12.8 Å². The van der Waals surface area contributed by atoms with Crippen LogP contribution in [0.1, 0.15) is 31.5 Å². The van der Waals surface area contributed by atoms with Gasteiger partial charge in [-0.15, -0.1) is 0 Å². The first-order valence-corrected chi connectivity index (χ1v) is 6.38. The Morgan fingerprint density at radius 2 is 2.41 bits per heavy atom. The second kappa shape index (κ2) is 5.60. The standard InChI is InChI=1S/C12H22N4O/c1-9(13-2)7-12-14-11(15-17-12)8-10-5-4-6-16(10)3/h9-10,13H,4-8H2,1-3H3. The Balaban J connectivity index is 1.89. The van der Waals surface area contributed by atoms with Crippen molar-refractivity contribution in [2.24, 2.45) is 0 Å². The highest BCUT2D eigenvalue weighted by Crippen LogP contribution is 2.18. The van der Waals surface area contributed by atoms with E-state index in [4.69, 9.17) is 4.52 Å². The lowest BCUT2D eigenvalue weighted by Crippen LogP contribution is -2.27. The molecule has 2 atom stereocenters. The maximum Gasteiger partial charge on any atom is 0.228 e. The van der Waals surface area contributed by atoms with Crippen LogP contribution in [0.2, 0.25) is 0 Å². The Kier molecular flexibility index (Phi) is 4.12. The maximum absolute atomic E-state index is 5.26.